The van der Waals surface area contributed by atoms with Gasteiger partial charge in [-0.1, -0.05) is 35.3 Å². The maximum absolute atomic E-state index is 13.2. The Balaban J connectivity index is 1.82. The van der Waals surface area contributed by atoms with Crippen molar-refractivity contribution in [2.45, 2.75) is 13.5 Å². The van der Waals surface area contributed by atoms with Crippen LogP contribution in [0.4, 0.5) is 0 Å². The zero-order chi connectivity index (χ0) is 21.3. The Morgan fingerprint density at radius 1 is 0.933 bits per heavy atom. The Bertz CT molecular complexity index is 1280. The normalized spacial score (nSPS) is 10.9. The van der Waals surface area contributed by atoms with Crippen LogP contribution in [0.3, 0.4) is 0 Å². The molecule has 0 atom stereocenters. The first kappa shape index (κ1) is 20.3. The van der Waals surface area contributed by atoms with Gasteiger partial charge in [-0.15, -0.1) is 0 Å². The molecule has 0 spiro atoms. The minimum absolute atomic E-state index is 0.141. The van der Waals surface area contributed by atoms with E-state index < -0.39 is 0 Å². The van der Waals surface area contributed by atoms with E-state index in [2.05, 4.69) is 0 Å². The molecule has 30 heavy (non-hydrogen) atoms. The lowest BCUT2D eigenvalue weighted by Gasteiger charge is -2.13. The topological polar surface area (TPSA) is 48.7 Å². The summed E-state index contributed by atoms with van der Waals surface area (Å²) in [6.07, 6.45) is 0. The minimum atomic E-state index is -0.234. The standard InChI is InChI=1S/C24H18Cl2O4/c1-14-3-9-18-21(11-14)30-23(16-5-7-17(28-2)8-6-16)24(22(18)27)29-13-15-4-10-19(25)20(26)12-15/h3-12H,13H2,1-2H3. The van der Waals surface area contributed by atoms with E-state index in [1.54, 1.807) is 43.5 Å². The maximum atomic E-state index is 13.2. The predicted molar refractivity (Wildman–Crippen MR) is 120 cm³/mol. The molecule has 0 radical (unpaired) electrons. The summed E-state index contributed by atoms with van der Waals surface area (Å²) in [7, 11) is 1.60. The van der Waals surface area contributed by atoms with E-state index >= 15 is 0 Å². The number of ether oxygens (including phenoxy) is 2. The SMILES string of the molecule is COc1ccc(-c2oc3cc(C)ccc3c(=O)c2OCc2ccc(Cl)c(Cl)c2)cc1. The molecule has 0 amide bonds. The van der Waals surface area contributed by atoms with Crippen LogP contribution in [-0.4, -0.2) is 7.11 Å². The Morgan fingerprint density at radius 3 is 2.40 bits per heavy atom. The molecule has 0 saturated heterocycles. The molecule has 4 rings (SSSR count). The molecule has 0 aliphatic rings. The third kappa shape index (κ3) is 4.02. The van der Waals surface area contributed by atoms with Crippen LogP contribution in [0, 0.1) is 6.92 Å². The molecule has 0 N–H and O–H groups in total. The van der Waals surface area contributed by atoms with E-state index in [0.717, 1.165) is 11.1 Å². The molecule has 1 aromatic heterocycles. The van der Waals surface area contributed by atoms with Gasteiger partial charge in [-0.25, -0.2) is 0 Å². The van der Waals surface area contributed by atoms with E-state index in [1.165, 1.54) is 0 Å². The van der Waals surface area contributed by atoms with Crippen molar-refractivity contribution in [3.8, 4) is 22.8 Å². The number of hydrogen-bond acceptors (Lipinski definition) is 4. The molecular formula is C24H18Cl2O4. The summed E-state index contributed by atoms with van der Waals surface area (Å²) in [5.74, 6) is 1.21. The smallest absolute Gasteiger partial charge is 0.235 e. The lowest BCUT2D eigenvalue weighted by molar-refractivity contribution is 0.298. The van der Waals surface area contributed by atoms with Gasteiger partial charge in [0.2, 0.25) is 11.2 Å². The summed E-state index contributed by atoms with van der Waals surface area (Å²) in [6.45, 7) is 2.09. The van der Waals surface area contributed by atoms with Crippen LogP contribution < -0.4 is 14.9 Å². The fraction of sp³-hybridized carbons (Fsp3) is 0.125. The van der Waals surface area contributed by atoms with Crippen molar-refractivity contribution in [2.24, 2.45) is 0 Å². The number of fused-ring (bicyclic) bond motifs is 1. The van der Waals surface area contributed by atoms with E-state index in [1.807, 2.05) is 31.2 Å². The van der Waals surface area contributed by atoms with Gasteiger partial charge in [0, 0.05) is 5.56 Å². The molecule has 0 aliphatic heterocycles. The Labute approximate surface area is 183 Å². The van der Waals surface area contributed by atoms with Gasteiger partial charge in [0.15, 0.2) is 5.76 Å². The highest BCUT2D eigenvalue weighted by atomic mass is 35.5. The van der Waals surface area contributed by atoms with Crippen LogP contribution in [-0.2, 0) is 6.61 Å². The van der Waals surface area contributed by atoms with Crippen molar-refractivity contribution in [1.29, 1.82) is 0 Å². The van der Waals surface area contributed by atoms with Crippen molar-refractivity contribution >= 4 is 34.2 Å². The van der Waals surface area contributed by atoms with E-state index in [9.17, 15) is 4.79 Å². The fourth-order valence-corrected chi connectivity index (χ4v) is 3.45. The lowest BCUT2D eigenvalue weighted by atomic mass is 10.1. The van der Waals surface area contributed by atoms with Gasteiger partial charge in [-0.3, -0.25) is 4.79 Å². The van der Waals surface area contributed by atoms with Gasteiger partial charge < -0.3 is 13.9 Å². The molecule has 3 aromatic carbocycles. The second kappa shape index (κ2) is 8.42. The quantitative estimate of drug-likeness (QED) is 0.347. The minimum Gasteiger partial charge on any atom is -0.497 e. The summed E-state index contributed by atoms with van der Waals surface area (Å²) in [6, 6.07) is 17.9. The molecule has 4 aromatic rings. The fourth-order valence-electron chi connectivity index (χ4n) is 3.13. The average molecular weight is 441 g/mol. The summed E-state index contributed by atoms with van der Waals surface area (Å²) in [5.41, 5.74) is 2.76. The molecule has 4 nitrogen and oxygen atoms in total. The first-order valence-electron chi connectivity index (χ1n) is 9.25. The van der Waals surface area contributed by atoms with Crippen LogP contribution >= 0.6 is 23.2 Å². The van der Waals surface area contributed by atoms with Gasteiger partial charge in [0.05, 0.1) is 22.5 Å². The molecule has 1 heterocycles. The van der Waals surface area contributed by atoms with E-state index in [4.69, 9.17) is 37.1 Å². The number of aryl methyl sites for hydroxylation is 1. The second-order valence-electron chi connectivity index (χ2n) is 6.85. The molecule has 6 heteroatoms. The molecule has 152 valence electrons. The van der Waals surface area contributed by atoms with Gasteiger partial charge in [-0.05, 0) is 66.6 Å². The lowest BCUT2D eigenvalue weighted by Crippen LogP contribution is -2.10. The van der Waals surface area contributed by atoms with Crippen LogP contribution in [0.15, 0.2) is 69.9 Å². The van der Waals surface area contributed by atoms with E-state index in [-0.39, 0.29) is 17.8 Å². The monoisotopic (exact) mass is 440 g/mol. The largest absolute Gasteiger partial charge is 0.497 e. The van der Waals surface area contributed by atoms with E-state index in [0.29, 0.717) is 38.1 Å². The molecule has 0 aliphatic carbocycles. The molecule has 0 unspecified atom stereocenters. The van der Waals surface area contributed by atoms with Gasteiger partial charge in [0.1, 0.15) is 17.9 Å². The second-order valence-corrected chi connectivity index (χ2v) is 7.67. The summed E-state index contributed by atoms with van der Waals surface area (Å²) < 4.78 is 17.3. The zero-order valence-corrected chi connectivity index (χ0v) is 17.9. The van der Waals surface area contributed by atoms with Crippen molar-refractivity contribution in [3.05, 3.63) is 92.1 Å². The highest BCUT2D eigenvalue weighted by Gasteiger charge is 2.18. The van der Waals surface area contributed by atoms with Crippen LogP contribution in [0.5, 0.6) is 11.5 Å². The summed E-state index contributed by atoms with van der Waals surface area (Å²) in [5, 5.41) is 1.34. The van der Waals surface area contributed by atoms with Crippen LogP contribution in [0.25, 0.3) is 22.3 Å². The first-order valence-corrected chi connectivity index (χ1v) is 10.0. The average Bonchev–Trinajstić information content (AvgIpc) is 2.75. The van der Waals surface area contributed by atoms with Gasteiger partial charge >= 0.3 is 0 Å². The first-order chi connectivity index (χ1) is 14.5. The van der Waals surface area contributed by atoms with Gasteiger partial charge in [0.25, 0.3) is 0 Å². The molecule has 0 saturated carbocycles. The maximum Gasteiger partial charge on any atom is 0.235 e. The highest BCUT2D eigenvalue weighted by Crippen LogP contribution is 2.33. The van der Waals surface area contributed by atoms with Crippen LogP contribution in [0.2, 0.25) is 10.0 Å². The molecule has 0 fully saturated rings. The summed E-state index contributed by atoms with van der Waals surface area (Å²) >= 11 is 12.1. The van der Waals surface area contributed by atoms with Crippen molar-refractivity contribution in [2.75, 3.05) is 7.11 Å². The number of methoxy groups -OCH3 is 1. The Hall–Kier alpha value is -2.95. The number of benzene rings is 3. The number of halogens is 2. The molecular weight excluding hydrogens is 423 g/mol. The van der Waals surface area contributed by atoms with Crippen molar-refractivity contribution in [3.63, 3.8) is 0 Å². The predicted octanol–water partition coefficient (Wildman–Crippen LogP) is 6.66. The Morgan fingerprint density at radius 2 is 1.70 bits per heavy atom. The third-order valence-corrected chi connectivity index (χ3v) is 5.46. The zero-order valence-electron chi connectivity index (χ0n) is 16.4. The van der Waals surface area contributed by atoms with Gasteiger partial charge in [-0.2, -0.15) is 0 Å². The van der Waals surface area contributed by atoms with Crippen molar-refractivity contribution < 1.29 is 13.9 Å². The number of rotatable bonds is 5. The number of hydrogen-bond donors (Lipinski definition) is 0. The van der Waals surface area contributed by atoms with Crippen molar-refractivity contribution in [1.82, 2.24) is 0 Å². The Kier molecular flexibility index (Phi) is 5.71. The highest BCUT2D eigenvalue weighted by molar-refractivity contribution is 6.42. The molecule has 0 bridgehead atoms. The summed E-state index contributed by atoms with van der Waals surface area (Å²) in [4.78, 5) is 13.2. The third-order valence-electron chi connectivity index (χ3n) is 4.73. The van der Waals surface area contributed by atoms with Crippen LogP contribution in [0.1, 0.15) is 11.1 Å².